The van der Waals surface area contributed by atoms with Gasteiger partial charge >= 0.3 is 0 Å². The van der Waals surface area contributed by atoms with Crippen molar-refractivity contribution in [3.05, 3.63) is 0 Å². The number of carbonyl (C=O) groups is 1. The maximum Gasteiger partial charge on any atom is 0.220 e. The smallest absolute Gasteiger partial charge is 0.220 e. The van der Waals surface area contributed by atoms with Crippen molar-refractivity contribution < 1.29 is 20.1 Å². The Bertz CT molecular complexity index is 762. The van der Waals surface area contributed by atoms with Crippen molar-refractivity contribution in [2.45, 2.75) is 321 Å². The number of aliphatic hydroxyl groups is 3. The lowest BCUT2D eigenvalue weighted by molar-refractivity contribution is -0.124. The van der Waals surface area contributed by atoms with Gasteiger partial charge in [-0.05, 0) is 12.8 Å². The molecule has 3 atom stereocenters. The second-order valence-corrected chi connectivity index (χ2v) is 18.4. The van der Waals surface area contributed by atoms with E-state index in [1.165, 1.54) is 244 Å². The number of rotatable bonds is 49. The van der Waals surface area contributed by atoms with Gasteiger partial charge in [0.15, 0.2) is 0 Å². The molecule has 0 spiro atoms. The Kier molecular flexibility index (Phi) is 47.5. The van der Waals surface area contributed by atoms with Crippen LogP contribution in [-0.2, 0) is 4.79 Å². The molecule has 0 heterocycles. The van der Waals surface area contributed by atoms with Crippen LogP contribution in [0.1, 0.15) is 303 Å². The highest BCUT2D eigenvalue weighted by Gasteiger charge is 2.26. The van der Waals surface area contributed by atoms with E-state index in [1.54, 1.807) is 0 Å². The molecule has 0 aromatic carbocycles. The van der Waals surface area contributed by atoms with Crippen LogP contribution in [0, 0.1) is 0 Å². The molecule has 57 heavy (non-hydrogen) atoms. The molecule has 0 radical (unpaired) electrons. The highest BCUT2D eigenvalue weighted by atomic mass is 16.3. The first-order chi connectivity index (χ1) is 28.1. The van der Waals surface area contributed by atoms with Gasteiger partial charge in [-0.15, -0.1) is 0 Å². The Morgan fingerprint density at radius 2 is 0.596 bits per heavy atom. The molecule has 342 valence electrons. The standard InChI is InChI=1S/C52H105NO4/c1-3-5-7-9-11-13-15-17-19-21-23-24-25-26-27-29-30-32-34-36-38-40-42-44-46-50(55)52(57)49(48-54)53-51(56)47-45-43-41-39-37-35-33-31-28-22-20-18-16-14-12-10-8-6-4-2/h49-50,52,54-55,57H,3-48H2,1-2H3,(H,53,56). The summed E-state index contributed by atoms with van der Waals surface area (Å²) in [5.74, 6) is -0.137. The number of hydrogen-bond donors (Lipinski definition) is 4. The van der Waals surface area contributed by atoms with Crippen LogP contribution in [0.3, 0.4) is 0 Å². The molecule has 0 aromatic heterocycles. The van der Waals surface area contributed by atoms with Crippen LogP contribution >= 0.6 is 0 Å². The normalized spacial score (nSPS) is 13.3. The van der Waals surface area contributed by atoms with Crippen molar-refractivity contribution in [2.75, 3.05) is 6.61 Å². The number of carbonyl (C=O) groups excluding carboxylic acids is 1. The van der Waals surface area contributed by atoms with E-state index in [4.69, 9.17) is 0 Å². The second-order valence-electron chi connectivity index (χ2n) is 18.4. The number of unbranched alkanes of at least 4 members (excludes halogenated alkanes) is 41. The van der Waals surface area contributed by atoms with Crippen molar-refractivity contribution in [1.29, 1.82) is 0 Å². The summed E-state index contributed by atoms with van der Waals surface area (Å²) in [4.78, 5) is 12.5. The van der Waals surface area contributed by atoms with Crippen molar-refractivity contribution in [1.82, 2.24) is 5.32 Å². The summed E-state index contributed by atoms with van der Waals surface area (Å²) in [5, 5.41) is 33.7. The lowest BCUT2D eigenvalue weighted by Gasteiger charge is -2.26. The fourth-order valence-corrected chi connectivity index (χ4v) is 8.64. The van der Waals surface area contributed by atoms with E-state index in [1.807, 2.05) is 0 Å². The van der Waals surface area contributed by atoms with Crippen LogP contribution in [0.25, 0.3) is 0 Å². The Balaban J connectivity index is 3.51. The molecule has 3 unspecified atom stereocenters. The average molecular weight is 808 g/mol. The quantitative estimate of drug-likeness (QED) is 0.0461. The van der Waals surface area contributed by atoms with Gasteiger partial charge in [0.2, 0.25) is 5.91 Å². The largest absolute Gasteiger partial charge is 0.394 e. The first-order valence-electron chi connectivity index (χ1n) is 26.3. The molecule has 0 saturated heterocycles. The van der Waals surface area contributed by atoms with Crippen LogP contribution in [0.2, 0.25) is 0 Å². The van der Waals surface area contributed by atoms with Crippen LogP contribution < -0.4 is 5.32 Å². The van der Waals surface area contributed by atoms with Gasteiger partial charge < -0.3 is 20.6 Å². The summed E-state index contributed by atoms with van der Waals surface area (Å²) in [5.41, 5.74) is 0. The van der Waals surface area contributed by atoms with Gasteiger partial charge in [-0.25, -0.2) is 0 Å². The van der Waals surface area contributed by atoms with Crippen molar-refractivity contribution in [3.8, 4) is 0 Å². The van der Waals surface area contributed by atoms with Crippen molar-refractivity contribution in [3.63, 3.8) is 0 Å². The van der Waals surface area contributed by atoms with Gasteiger partial charge in [0.1, 0.15) is 6.10 Å². The first-order valence-corrected chi connectivity index (χ1v) is 26.3. The minimum atomic E-state index is -1.13. The van der Waals surface area contributed by atoms with E-state index in [9.17, 15) is 20.1 Å². The van der Waals surface area contributed by atoms with Crippen LogP contribution in [0.4, 0.5) is 0 Å². The van der Waals surface area contributed by atoms with E-state index in [2.05, 4.69) is 19.2 Å². The Hall–Kier alpha value is -0.650. The van der Waals surface area contributed by atoms with Crippen molar-refractivity contribution >= 4 is 5.91 Å². The second kappa shape index (κ2) is 48.0. The zero-order chi connectivity index (χ0) is 41.5. The van der Waals surface area contributed by atoms with Gasteiger partial charge in [-0.2, -0.15) is 0 Å². The molecule has 0 aliphatic rings. The minimum absolute atomic E-state index is 0.137. The highest BCUT2D eigenvalue weighted by Crippen LogP contribution is 2.18. The van der Waals surface area contributed by atoms with Crippen LogP contribution in [0.5, 0.6) is 0 Å². The zero-order valence-corrected chi connectivity index (χ0v) is 39.0. The van der Waals surface area contributed by atoms with Gasteiger partial charge in [0.25, 0.3) is 0 Å². The fourth-order valence-electron chi connectivity index (χ4n) is 8.64. The summed E-state index contributed by atoms with van der Waals surface area (Å²) in [6, 6.07) is -0.804. The number of nitrogens with one attached hydrogen (secondary N) is 1. The number of hydrogen-bond acceptors (Lipinski definition) is 4. The lowest BCUT2D eigenvalue weighted by atomic mass is 9.99. The third kappa shape index (κ3) is 43.3. The summed E-state index contributed by atoms with van der Waals surface area (Å²) < 4.78 is 0. The maximum atomic E-state index is 12.5. The van der Waals surface area contributed by atoms with Gasteiger partial charge in [0, 0.05) is 6.42 Å². The van der Waals surface area contributed by atoms with Crippen LogP contribution in [0.15, 0.2) is 0 Å². The monoisotopic (exact) mass is 808 g/mol. The van der Waals surface area contributed by atoms with E-state index in [0.29, 0.717) is 12.8 Å². The number of aliphatic hydroxyl groups excluding tert-OH is 3. The molecule has 0 bridgehead atoms. The summed E-state index contributed by atoms with van der Waals surface area (Å²) in [6.07, 6.45) is 56.7. The maximum absolute atomic E-state index is 12.5. The first kappa shape index (κ1) is 56.4. The predicted octanol–water partition coefficient (Wildman–Crippen LogP) is 15.8. The zero-order valence-electron chi connectivity index (χ0n) is 39.0. The summed E-state index contributed by atoms with van der Waals surface area (Å²) >= 11 is 0. The molecule has 0 fully saturated rings. The molecule has 5 nitrogen and oxygen atoms in total. The Morgan fingerprint density at radius 3 is 0.842 bits per heavy atom. The molecule has 5 heteroatoms. The third-order valence-corrected chi connectivity index (χ3v) is 12.7. The Labute approximate surface area is 357 Å². The average Bonchev–Trinajstić information content (AvgIpc) is 3.22. The molecule has 1 amide bonds. The molecule has 0 aliphatic carbocycles. The van der Waals surface area contributed by atoms with E-state index in [-0.39, 0.29) is 12.5 Å². The molecular weight excluding hydrogens is 703 g/mol. The summed E-state index contributed by atoms with van der Waals surface area (Å²) in [6.45, 7) is 4.22. The summed E-state index contributed by atoms with van der Waals surface area (Å²) in [7, 11) is 0. The minimum Gasteiger partial charge on any atom is -0.394 e. The third-order valence-electron chi connectivity index (χ3n) is 12.7. The highest BCUT2D eigenvalue weighted by molar-refractivity contribution is 5.76. The number of amides is 1. The predicted molar refractivity (Wildman–Crippen MR) is 250 cm³/mol. The van der Waals surface area contributed by atoms with Crippen molar-refractivity contribution in [2.24, 2.45) is 0 Å². The van der Waals surface area contributed by atoms with E-state index in [0.717, 1.165) is 32.1 Å². The SMILES string of the molecule is CCCCCCCCCCCCCCCCCCCCCCCCCCC(O)C(O)C(CO)NC(=O)CCCCCCCCCCCCCCCCCCCCC. The van der Waals surface area contributed by atoms with Gasteiger partial charge in [-0.1, -0.05) is 284 Å². The molecule has 0 saturated carbocycles. The van der Waals surface area contributed by atoms with E-state index < -0.39 is 18.2 Å². The van der Waals surface area contributed by atoms with Gasteiger partial charge in [0.05, 0.1) is 18.8 Å². The molecule has 0 rings (SSSR count). The fraction of sp³-hybridized carbons (Fsp3) is 0.981. The lowest BCUT2D eigenvalue weighted by Crippen LogP contribution is -2.50. The van der Waals surface area contributed by atoms with E-state index >= 15 is 0 Å². The molecule has 0 aromatic rings. The van der Waals surface area contributed by atoms with Crippen LogP contribution in [-0.4, -0.2) is 46.1 Å². The topological polar surface area (TPSA) is 89.8 Å². The molecule has 4 N–H and O–H groups in total. The van der Waals surface area contributed by atoms with Gasteiger partial charge in [-0.3, -0.25) is 4.79 Å². The molecule has 0 aliphatic heterocycles. The molecular formula is C52H105NO4. The Morgan fingerprint density at radius 1 is 0.368 bits per heavy atom.